The quantitative estimate of drug-likeness (QED) is 0.334. The molecule has 5 N–H and O–H groups in total. The van der Waals surface area contributed by atoms with Crippen LogP contribution in [0.1, 0.15) is 0 Å². The molecule has 7 nitrogen and oxygen atoms in total. The molecule has 0 aliphatic carbocycles. The minimum atomic E-state index is 0.0729. The summed E-state index contributed by atoms with van der Waals surface area (Å²) in [5.74, 6) is 0.437. The second-order valence-electron chi connectivity index (χ2n) is 2.36. The summed E-state index contributed by atoms with van der Waals surface area (Å²) in [6.45, 7) is 4.21. The van der Waals surface area contributed by atoms with Crippen LogP contribution in [0.3, 0.4) is 0 Å². The molecule has 1 aromatic rings. The zero-order valence-electron chi connectivity index (χ0n) is 7.60. The van der Waals surface area contributed by atoms with Gasteiger partial charge in [-0.3, -0.25) is 0 Å². The van der Waals surface area contributed by atoms with E-state index in [1.54, 1.807) is 6.08 Å². The Morgan fingerprint density at radius 1 is 1.29 bits per heavy atom. The molecule has 0 aliphatic heterocycles. The molecular formula is C7H12N6O. The van der Waals surface area contributed by atoms with Crippen molar-refractivity contribution in [1.82, 2.24) is 15.0 Å². The average molecular weight is 196 g/mol. The molecule has 0 amide bonds. The van der Waals surface area contributed by atoms with E-state index in [-0.39, 0.29) is 18.6 Å². The van der Waals surface area contributed by atoms with Crippen molar-refractivity contribution in [3.8, 4) is 0 Å². The number of aromatic nitrogens is 3. The lowest BCUT2D eigenvalue weighted by Gasteiger charge is -2.04. The Bertz CT molecular complexity index is 295. The van der Waals surface area contributed by atoms with Crippen LogP contribution in [-0.4, -0.2) is 28.3 Å². The third-order valence-electron chi connectivity index (χ3n) is 1.24. The molecule has 0 aromatic carbocycles. The van der Waals surface area contributed by atoms with Gasteiger partial charge in [0.2, 0.25) is 17.8 Å². The first kappa shape index (κ1) is 10.2. The number of nitrogen functional groups attached to an aromatic ring is 2. The van der Waals surface area contributed by atoms with Gasteiger partial charge in [-0.05, 0) is 0 Å². The third kappa shape index (κ3) is 3.23. The number of hydrogen-bond acceptors (Lipinski definition) is 7. The number of nitrogens with two attached hydrogens (primary N) is 2. The summed E-state index contributed by atoms with van der Waals surface area (Å²) in [6, 6.07) is 0. The van der Waals surface area contributed by atoms with Crippen molar-refractivity contribution in [1.29, 1.82) is 0 Å². The van der Waals surface area contributed by atoms with Gasteiger partial charge in [0, 0.05) is 0 Å². The summed E-state index contributed by atoms with van der Waals surface area (Å²) in [6.07, 6.45) is 1.64. The van der Waals surface area contributed by atoms with E-state index in [1.807, 2.05) is 0 Å². The molecule has 0 spiro atoms. The normalized spacial score (nSPS) is 9.71. The first-order valence-electron chi connectivity index (χ1n) is 3.92. The van der Waals surface area contributed by atoms with Crippen molar-refractivity contribution in [2.75, 3.05) is 30.1 Å². The SMILES string of the molecule is C=CCOCNc1nc(N)nc(N)n1. The van der Waals surface area contributed by atoms with Gasteiger partial charge in [0.15, 0.2) is 0 Å². The third-order valence-corrected chi connectivity index (χ3v) is 1.24. The molecular weight excluding hydrogens is 184 g/mol. The number of nitrogens with one attached hydrogen (secondary N) is 1. The lowest BCUT2D eigenvalue weighted by Crippen LogP contribution is -2.12. The molecule has 0 saturated heterocycles. The standard InChI is InChI=1S/C7H12N6O/c1-2-3-14-4-10-7-12-5(8)11-6(9)13-7/h2H,1,3-4H2,(H5,8,9,10,11,12,13). The topological polar surface area (TPSA) is 112 Å². The van der Waals surface area contributed by atoms with E-state index in [9.17, 15) is 0 Å². The highest BCUT2D eigenvalue weighted by Gasteiger charge is 1.99. The summed E-state index contributed by atoms with van der Waals surface area (Å²) in [4.78, 5) is 11.2. The Labute approximate surface area is 81.2 Å². The number of hydrogen-bond donors (Lipinski definition) is 3. The maximum absolute atomic E-state index is 5.35. The van der Waals surface area contributed by atoms with Gasteiger partial charge in [-0.25, -0.2) is 0 Å². The van der Waals surface area contributed by atoms with Crippen molar-refractivity contribution in [3.63, 3.8) is 0 Å². The van der Waals surface area contributed by atoms with Gasteiger partial charge in [-0.15, -0.1) is 6.58 Å². The Balaban J connectivity index is 2.46. The summed E-state index contributed by atoms with van der Waals surface area (Å²) in [5.41, 5.74) is 10.7. The first-order valence-corrected chi connectivity index (χ1v) is 3.92. The molecule has 0 bridgehead atoms. The fraction of sp³-hybridized carbons (Fsp3) is 0.286. The second-order valence-corrected chi connectivity index (χ2v) is 2.36. The zero-order valence-corrected chi connectivity index (χ0v) is 7.60. The maximum atomic E-state index is 5.35. The summed E-state index contributed by atoms with van der Waals surface area (Å²) < 4.78 is 5.06. The highest BCUT2D eigenvalue weighted by Crippen LogP contribution is 2.02. The molecule has 0 aliphatic rings. The summed E-state index contributed by atoms with van der Waals surface area (Å²) >= 11 is 0. The highest BCUT2D eigenvalue weighted by atomic mass is 16.5. The molecule has 0 unspecified atom stereocenters. The molecule has 14 heavy (non-hydrogen) atoms. The van der Waals surface area contributed by atoms with Crippen LogP contribution in [0.25, 0.3) is 0 Å². The van der Waals surface area contributed by atoms with Crippen LogP contribution in [0.5, 0.6) is 0 Å². The first-order chi connectivity index (χ1) is 6.72. The number of rotatable bonds is 5. The van der Waals surface area contributed by atoms with Crippen molar-refractivity contribution in [2.24, 2.45) is 0 Å². The largest absolute Gasteiger partial charge is 0.368 e. The van der Waals surface area contributed by atoms with E-state index in [2.05, 4.69) is 26.8 Å². The Morgan fingerprint density at radius 2 is 1.93 bits per heavy atom. The van der Waals surface area contributed by atoms with Gasteiger partial charge in [-0.1, -0.05) is 6.08 Å². The van der Waals surface area contributed by atoms with E-state index in [0.717, 1.165) is 0 Å². The van der Waals surface area contributed by atoms with Crippen LogP contribution in [0.15, 0.2) is 12.7 Å². The number of ether oxygens (including phenoxy) is 1. The van der Waals surface area contributed by atoms with Crippen molar-refractivity contribution >= 4 is 17.8 Å². The van der Waals surface area contributed by atoms with Crippen LogP contribution in [0.4, 0.5) is 17.8 Å². The van der Waals surface area contributed by atoms with Crippen LogP contribution >= 0.6 is 0 Å². The predicted octanol–water partition coefficient (Wildman–Crippen LogP) is -0.392. The van der Waals surface area contributed by atoms with Gasteiger partial charge in [-0.2, -0.15) is 15.0 Å². The molecule has 1 aromatic heterocycles. The predicted molar refractivity (Wildman–Crippen MR) is 53.3 cm³/mol. The molecule has 0 atom stereocenters. The van der Waals surface area contributed by atoms with Gasteiger partial charge < -0.3 is 21.5 Å². The Kier molecular flexibility index (Phi) is 3.62. The number of anilines is 3. The monoisotopic (exact) mass is 196 g/mol. The van der Waals surface area contributed by atoms with E-state index in [0.29, 0.717) is 12.6 Å². The van der Waals surface area contributed by atoms with Crippen LogP contribution in [0.2, 0.25) is 0 Å². The zero-order chi connectivity index (χ0) is 10.4. The van der Waals surface area contributed by atoms with Crippen LogP contribution in [-0.2, 0) is 4.74 Å². The highest BCUT2D eigenvalue weighted by molar-refractivity contribution is 5.36. The lowest BCUT2D eigenvalue weighted by atomic mass is 10.7. The maximum Gasteiger partial charge on any atom is 0.231 e. The fourth-order valence-corrected chi connectivity index (χ4v) is 0.746. The second kappa shape index (κ2) is 4.97. The fourth-order valence-electron chi connectivity index (χ4n) is 0.746. The summed E-state index contributed by atoms with van der Waals surface area (Å²) in [5, 5.41) is 2.77. The van der Waals surface area contributed by atoms with Crippen molar-refractivity contribution in [2.45, 2.75) is 0 Å². The minimum Gasteiger partial charge on any atom is -0.368 e. The van der Waals surface area contributed by atoms with Gasteiger partial charge in [0.05, 0.1) is 6.61 Å². The molecule has 7 heteroatoms. The average Bonchev–Trinajstić information content (AvgIpc) is 2.11. The van der Waals surface area contributed by atoms with Gasteiger partial charge in [0.25, 0.3) is 0 Å². The molecule has 0 radical (unpaired) electrons. The van der Waals surface area contributed by atoms with Crippen LogP contribution in [0, 0.1) is 0 Å². The van der Waals surface area contributed by atoms with Gasteiger partial charge >= 0.3 is 0 Å². The lowest BCUT2D eigenvalue weighted by molar-refractivity contribution is 0.182. The molecule has 0 saturated carbocycles. The molecule has 76 valence electrons. The Hall–Kier alpha value is -1.89. The number of nitrogens with zero attached hydrogens (tertiary/aromatic N) is 3. The van der Waals surface area contributed by atoms with Crippen LogP contribution < -0.4 is 16.8 Å². The molecule has 1 heterocycles. The van der Waals surface area contributed by atoms with E-state index < -0.39 is 0 Å². The summed E-state index contributed by atoms with van der Waals surface area (Å²) in [7, 11) is 0. The van der Waals surface area contributed by atoms with Gasteiger partial charge in [0.1, 0.15) is 6.73 Å². The minimum absolute atomic E-state index is 0.0729. The molecule has 1 rings (SSSR count). The molecule has 0 fully saturated rings. The van der Waals surface area contributed by atoms with E-state index in [1.165, 1.54) is 0 Å². The van der Waals surface area contributed by atoms with E-state index >= 15 is 0 Å². The Morgan fingerprint density at radius 3 is 2.50 bits per heavy atom. The van der Waals surface area contributed by atoms with E-state index in [4.69, 9.17) is 16.2 Å². The van der Waals surface area contributed by atoms with Crippen molar-refractivity contribution in [3.05, 3.63) is 12.7 Å². The smallest absolute Gasteiger partial charge is 0.231 e. The van der Waals surface area contributed by atoms with Crippen molar-refractivity contribution < 1.29 is 4.74 Å².